The van der Waals surface area contributed by atoms with Crippen molar-refractivity contribution in [2.24, 2.45) is 0 Å². The van der Waals surface area contributed by atoms with Gasteiger partial charge < -0.3 is 0 Å². The number of hydrogen-bond acceptors (Lipinski definition) is 2. The number of morpholine rings is 1. The fraction of sp³-hybridized carbons (Fsp3) is 1.00. The molecule has 1 atom stereocenters. The number of nitrogens with zero attached hydrogens (tertiary/aromatic N) is 1. The van der Waals surface area contributed by atoms with E-state index >= 15 is 0 Å². The average Bonchev–Trinajstić information content (AvgIpc) is 2.23. The van der Waals surface area contributed by atoms with Crippen LogP contribution in [-0.4, -0.2) is 41.3 Å². The molecule has 0 bridgehead atoms. The molecule has 1 saturated heterocycles. The van der Waals surface area contributed by atoms with Gasteiger partial charge in [0.1, 0.15) is 0 Å². The van der Waals surface area contributed by atoms with Crippen LogP contribution in [0.15, 0.2) is 0 Å². The smallest absolute Gasteiger partial charge is 0.264 e. The lowest BCUT2D eigenvalue weighted by Gasteiger charge is -2.48. The van der Waals surface area contributed by atoms with E-state index in [4.69, 9.17) is 0 Å². The monoisotopic (exact) mass is 349 g/mol. The van der Waals surface area contributed by atoms with Crippen LogP contribution >= 0.6 is 0 Å². The molecule has 0 aromatic heterocycles. The van der Waals surface area contributed by atoms with Crippen molar-refractivity contribution in [2.45, 2.75) is 36.2 Å². The Hall–Kier alpha value is -0.990. The van der Waals surface area contributed by atoms with E-state index in [0.29, 0.717) is 0 Å². The highest BCUT2D eigenvalue weighted by atomic mass is 19.4. The van der Waals surface area contributed by atoms with Gasteiger partial charge in [0.05, 0.1) is 0 Å². The van der Waals surface area contributed by atoms with E-state index in [1.165, 1.54) is 0 Å². The summed E-state index contributed by atoms with van der Waals surface area (Å²) in [7, 11) is 0. The zero-order valence-corrected chi connectivity index (χ0v) is 8.77. The Morgan fingerprint density at radius 1 is 0.714 bits per heavy atom. The summed E-state index contributed by atoms with van der Waals surface area (Å²) in [6, 6.07) is -13.8. The van der Waals surface area contributed by atoms with Gasteiger partial charge in [0.15, 0.2) is 0 Å². The zero-order chi connectivity index (χ0) is 17.3. The number of ether oxygens (including phenoxy) is 1. The second-order valence-electron chi connectivity index (χ2n) is 3.65. The van der Waals surface area contributed by atoms with Crippen molar-refractivity contribution in [2.75, 3.05) is 0 Å². The molecular weight excluding hydrogens is 349 g/mol. The minimum absolute atomic E-state index is 1.70. The Kier molecular flexibility index (Phi) is 3.48. The molecule has 0 amide bonds. The molecule has 1 rings (SSSR count). The molecule has 1 unspecified atom stereocenters. The molecule has 0 N–H and O–H groups in total. The molecule has 0 saturated carbocycles. The third-order valence-electron chi connectivity index (χ3n) is 2.26. The van der Waals surface area contributed by atoms with Gasteiger partial charge in [-0.2, -0.15) is 52.7 Å². The summed E-state index contributed by atoms with van der Waals surface area (Å²) in [6.07, 6.45) is -14.0. The summed E-state index contributed by atoms with van der Waals surface area (Å²) in [5.41, 5.74) is 0. The van der Waals surface area contributed by atoms with Crippen LogP contribution in [0.25, 0.3) is 0 Å². The van der Waals surface area contributed by atoms with Crippen LogP contribution < -0.4 is 0 Å². The van der Waals surface area contributed by atoms with Gasteiger partial charge in [0.2, 0.25) is 0 Å². The zero-order valence-electron chi connectivity index (χ0n) is 8.77. The number of alkyl halides is 12. The van der Waals surface area contributed by atoms with Gasteiger partial charge in [0.25, 0.3) is 0 Å². The molecule has 1 fully saturated rings. The molecule has 0 radical (unpaired) electrons. The first-order chi connectivity index (χ1) is 8.86. The third-order valence-corrected chi connectivity index (χ3v) is 2.26. The van der Waals surface area contributed by atoms with Crippen LogP contribution in [0.5, 0.6) is 0 Å². The molecule has 0 aromatic carbocycles. The van der Waals surface area contributed by atoms with Gasteiger partial charge in [-0.3, -0.25) is 4.74 Å². The Morgan fingerprint density at radius 3 is 1.43 bits per heavy atom. The highest BCUT2D eigenvalue weighted by Gasteiger charge is 2.92. The molecule has 1 aliphatic heterocycles. The third kappa shape index (κ3) is 1.96. The second kappa shape index (κ2) is 4.05. The first-order valence-corrected chi connectivity index (χ1v) is 4.29. The number of hydrogen-bond donors (Lipinski definition) is 0. The quantitative estimate of drug-likeness (QED) is 0.405. The van der Waals surface area contributed by atoms with Crippen molar-refractivity contribution in [3.63, 3.8) is 0 Å². The van der Waals surface area contributed by atoms with E-state index in [2.05, 4.69) is 0 Å². The summed E-state index contributed by atoms with van der Waals surface area (Å²) < 4.78 is 163. The van der Waals surface area contributed by atoms with Crippen LogP contribution in [0.2, 0.25) is 0 Å². The van der Waals surface area contributed by atoms with Crippen molar-refractivity contribution in [1.29, 1.82) is 0 Å². The molecule has 126 valence electrons. The SMILES string of the molecule is FN1C(F)(F)C(F)(F)OC(F)(C(F)(F)C(F)(F)F)C1(F)F. The molecule has 0 aromatic rings. The van der Waals surface area contributed by atoms with E-state index in [1.54, 1.807) is 4.74 Å². The molecule has 21 heavy (non-hydrogen) atoms. The topological polar surface area (TPSA) is 12.5 Å². The Balaban J connectivity index is 3.57. The Bertz CT molecular complexity index is 429. The molecule has 2 nitrogen and oxygen atoms in total. The van der Waals surface area contributed by atoms with E-state index in [0.717, 1.165) is 0 Å². The van der Waals surface area contributed by atoms with Crippen molar-refractivity contribution < 1.29 is 61.9 Å². The van der Waals surface area contributed by atoms with Gasteiger partial charge in [-0.05, 0) is 5.12 Å². The highest BCUT2D eigenvalue weighted by molar-refractivity contribution is 5.05. The summed E-state index contributed by atoms with van der Waals surface area (Å²) in [4.78, 5) is 0. The highest BCUT2D eigenvalue weighted by Crippen LogP contribution is 2.62. The average molecular weight is 349 g/mol. The van der Waals surface area contributed by atoms with Crippen molar-refractivity contribution in [1.82, 2.24) is 5.12 Å². The lowest BCUT2D eigenvalue weighted by atomic mass is 10.0. The standard InChI is InChI=1S/C6F13NO/c7-1(8,3(10,11)12)2(9)4(13,14)20(19)5(15,16)6(17,18)21-2. The molecule has 0 aliphatic carbocycles. The van der Waals surface area contributed by atoms with Gasteiger partial charge in [-0.25, -0.2) is 0 Å². The lowest BCUT2D eigenvalue weighted by Crippen LogP contribution is -2.79. The first kappa shape index (κ1) is 18.1. The molecular formula is C6F13NO. The maximum absolute atomic E-state index is 13.2. The lowest BCUT2D eigenvalue weighted by molar-refractivity contribution is -0.596. The van der Waals surface area contributed by atoms with Gasteiger partial charge in [0, 0.05) is 0 Å². The van der Waals surface area contributed by atoms with Crippen LogP contribution in [0.3, 0.4) is 0 Å². The van der Waals surface area contributed by atoms with E-state index < -0.39 is 41.3 Å². The minimum atomic E-state index is -7.45. The minimum Gasteiger partial charge on any atom is -0.264 e. The first-order valence-electron chi connectivity index (χ1n) is 4.29. The Morgan fingerprint density at radius 2 is 1.10 bits per heavy atom. The fourth-order valence-corrected chi connectivity index (χ4v) is 1.15. The van der Waals surface area contributed by atoms with E-state index in [9.17, 15) is 57.2 Å². The Labute approximate surface area is 105 Å². The van der Waals surface area contributed by atoms with Gasteiger partial charge in [-0.1, -0.05) is 0 Å². The predicted molar refractivity (Wildman–Crippen MR) is 33.7 cm³/mol. The maximum Gasteiger partial charge on any atom is 0.459 e. The molecule has 1 aliphatic rings. The largest absolute Gasteiger partial charge is 0.459 e. The number of halogens is 13. The van der Waals surface area contributed by atoms with Crippen molar-refractivity contribution >= 4 is 0 Å². The van der Waals surface area contributed by atoms with Gasteiger partial charge >= 0.3 is 36.2 Å². The van der Waals surface area contributed by atoms with Crippen molar-refractivity contribution in [3.8, 4) is 0 Å². The van der Waals surface area contributed by atoms with Crippen LogP contribution in [0, 0.1) is 0 Å². The summed E-state index contributed by atoms with van der Waals surface area (Å²) in [5, 5.41) is -3.75. The number of rotatable bonds is 1. The molecule has 0 spiro atoms. The van der Waals surface area contributed by atoms with Crippen LogP contribution in [0.1, 0.15) is 0 Å². The molecule has 15 heteroatoms. The summed E-state index contributed by atoms with van der Waals surface area (Å²) >= 11 is 0. The summed E-state index contributed by atoms with van der Waals surface area (Å²) in [5.74, 6) is -14.6. The van der Waals surface area contributed by atoms with Crippen LogP contribution in [-0.2, 0) is 4.74 Å². The molecule has 1 heterocycles. The summed E-state index contributed by atoms with van der Waals surface area (Å²) in [6.45, 7) is 0. The predicted octanol–water partition coefficient (Wildman–Crippen LogP) is 3.84. The van der Waals surface area contributed by atoms with E-state index in [-0.39, 0.29) is 0 Å². The normalized spacial score (nSPS) is 33.0. The maximum atomic E-state index is 13.2. The van der Waals surface area contributed by atoms with E-state index in [1.807, 2.05) is 0 Å². The van der Waals surface area contributed by atoms with Crippen molar-refractivity contribution in [3.05, 3.63) is 0 Å². The second-order valence-corrected chi connectivity index (χ2v) is 3.65. The van der Waals surface area contributed by atoms with Crippen LogP contribution in [0.4, 0.5) is 57.2 Å². The van der Waals surface area contributed by atoms with Gasteiger partial charge in [-0.15, -0.1) is 4.48 Å². The fourth-order valence-electron chi connectivity index (χ4n) is 1.15.